The number of aromatic nitrogens is 2. The predicted octanol–water partition coefficient (Wildman–Crippen LogP) is 5.13. The summed E-state index contributed by atoms with van der Waals surface area (Å²) in [5.41, 5.74) is 5.13. The Morgan fingerprint density at radius 3 is 2.62 bits per heavy atom. The van der Waals surface area contributed by atoms with Gasteiger partial charge in [0.25, 0.3) is 0 Å². The van der Waals surface area contributed by atoms with Crippen molar-refractivity contribution in [3.8, 4) is 22.9 Å². The lowest BCUT2D eigenvalue weighted by atomic mass is 10.1. The number of nitrogens with one attached hydrogen (secondary N) is 1. The molecule has 4 heteroatoms. The van der Waals surface area contributed by atoms with Crippen LogP contribution in [-0.2, 0) is 6.61 Å². The standard InChI is InChI=1S/C22H20N2O2/c1-15-7-5-8-16(13-15)14-26-21-17(9-6-12-20(21)25-2)22-23-18-10-3-4-11-19(18)24-22/h3-13H,14H2,1-2H3,(H,23,24). The molecule has 4 aromatic rings. The molecule has 0 aliphatic carbocycles. The minimum atomic E-state index is 0.468. The molecule has 4 nitrogen and oxygen atoms in total. The van der Waals surface area contributed by atoms with Crippen LogP contribution in [0.15, 0.2) is 66.7 Å². The molecule has 130 valence electrons. The Kier molecular flexibility index (Phi) is 4.32. The molecule has 0 spiro atoms. The van der Waals surface area contributed by atoms with Crippen LogP contribution in [0.4, 0.5) is 0 Å². The van der Waals surface area contributed by atoms with Crippen LogP contribution in [0.25, 0.3) is 22.4 Å². The first-order valence-corrected chi connectivity index (χ1v) is 8.55. The van der Waals surface area contributed by atoms with Gasteiger partial charge in [-0.25, -0.2) is 4.98 Å². The van der Waals surface area contributed by atoms with E-state index in [2.05, 4.69) is 30.1 Å². The summed E-state index contributed by atoms with van der Waals surface area (Å²) in [7, 11) is 1.65. The molecule has 0 aliphatic heterocycles. The molecule has 0 atom stereocenters. The predicted molar refractivity (Wildman–Crippen MR) is 104 cm³/mol. The van der Waals surface area contributed by atoms with Gasteiger partial charge in [-0.05, 0) is 36.8 Å². The molecule has 26 heavy (non-hydrogen) atoms. The maximum absolute atomic E-state index is 6.17. The zero-order valence-electron chi connectivity index (χ0n) is 14.8. The number of ether oxygens (including phenoxy) is 2. The number of imidazole rings is 1. The van der Waals surface area contributed by atoms with Gasteiger partial charge in [-0.3, -0.25) is 0 Å². The SMILES string of the molecule is COc1cccc(-c2nc3ccccc3[nH]2)c1OCc1cccc(C)c1. The molecule has 0 saturated carbocycles. The van der Waals surface area contributed by atoms with Crippen LogP contribution in [-0.4, -0.2) is 17.1 Å². The Bertz CT molecular complexity index is 1020. The Labute approximate surface area is 152 Å². The van der Waals surface area contributed by atoms with Crippen LogP contribution in [0.1, 0.15) is 11.1 Å². The summed E-state index contributed by atoms with van der Waals surface area (Å²) >= 11 is 0. The van der Waals surface area contributed by atoms with E-state index in [1.165, 1.54) is 5.56 Å². The lowest BCUT2D eigenvalue weighted by Gasteiger charge is -2.14. The van der Waals surface area contributed by atoms with Gasteiger partial charge in [-0.2, -0.15) is 0 Å². The highest BCUT2D eigenvalue weighted by Gasteiger charge is 2.15. The molecule has 0 saturated heterocycles. The van der Waals surface area contributed by atoms with Crippen molar-refractivity contribution in [2.24, 2.45) is 0 Å². The van der Waals surface area contributed by atoms with E-state index in [-0.39, 0.29) is 0 Å². The number of methoxy groups -OCH3 is 1. The van der Waals surface area contributed by atoms with Gasteiger partial charge in [0.1, 0.15) is 12.4 Å². The monoisotopic (exact) mass is 344 g/mol. The first-order valence-electron chi connectivity index (χ1n) is 8.55. The Balaban J connectivity index is 1.73. The fourth-order valence-electron chi connectivity index (χ4n) is 3.05. The minimum absolute atomic E-state index is 0.468. The number of benzene rings is 3. The van der Waals surface area contributed by atoms with Crippen molar-refractivity contribution < 1.29 is 9.47 Å². The lowest BCUT2D eigenvalue weighted by molar-refractivity contribution is 0.285. The molecule has 1 N–H and O–H groups in total. The molecular weight excluding hydrogens is 324 g/mol. The van der Waals surface area contributed by atoms with Gasteiger partial charge in [0.2, 0.25) is 0 Å². The quantitative estimate of drug-likeness (QED) is 0.546. The van der Waals surface area contributed by atoms with Gasteiger partial charge >= 0.3 is 0 Å². The Morgan fingerprint density at radius 2 is 1.81 bits per heavy atom. The first-order chi connectivity index (χ1) is 12.7. The van der Waals surface area contributed by atoms with E-state index < -0.39 is 0 Å². The van der Waals surface area contributed by atoms with Crippen molar-refractivity contribution in [3.63, 3.8) is 0 Å². The first kappa shape index (κ1) is 16.2. The molecule has 0 unspecified atom stereocenters. The number of hydrogen-bond acceptors (Lipinski definition) is 3. The second-order valence-electron chi connectivity index (χ2n) is 6.22. The van der Waals surface area contributed by atoms with Crippen LogP contribution in [0.5, 0.6) is 11.5 Å². The van der Waals surface area contributed by atoms with Crippen molar-refractivity contribution in [1.29, 1.82) is 0 Å². The van der Waals surface area contributed by atoms with E-state index in [1.807, 2.05) is 48.5 Å². The Hall–Kier alpha value is -3.27. The summed E-state index contributed by atoms with van der Waals surface area (Å²) in [5, 5.41) is 0. The highest BCUT2D eigenvalue weighted by Crippen LogP contribution is 2.38. The maximum atomic E-state index is 6.17. The highest BCUT2D eigenvalue weighted by atomic mass is 16.5. The fraction of sp³-hybridized carbons (Fsp3) is 0.136. The number of nitrogens with zero attached hydrogens (tertiary/aromatic N) is 1. The highest BCUT2D eigenvalue weighted by molar-refractivity contribution is 5.81. The van der Waals surface area contributed by atoms with E-state index in [1.54, 1.807) is 7.11 Å². The largest absolute Gasteiger partial charge is 0.493 e. The third-order valence-electron chi connectivity index (χ3n) is 4.31. The number of hydrogen-bond donors (Lipinski definition) is 1. The zero-order chi connectivity index (χ0) is 17.9. The summed E-state index contributed by atoms with van der Waals surface area (Å²) in [6.07, 6.45) is 0. The molecule has 4 rings (SSSR count). The summed E-state index contributed by atoms with van der Waals surface area (Å²) in [6.45, 7) is 2.54. The van der Waals surface area contributed by atoms with Gasteiger partial charge < -0.3 is 14.5 Å². The van der Waals surface area contributed by atoms with Crippen molar-refractivity contribution in [2.45, 2.75) is 13.5 Å². The van der Waals surface area contributed by atoms with Crippen molar-refractivity contribution in [1.82, 2.24) is 9.97 Å². The van der Waals surface area contributed by atoms with Gasteiger partial charge in [0.15, 0.2) is 11.5 Å². The number of H-pyrrole nitrogens is 1. The van der Waals surface area contributed by atoms with Crippen molar-refractivity contribution in [3.05, 3.63) is 77.9 Å². The summed E-state index contributed by atoms with van der Waals surface area (Å²) in [5.74, 6) is 2.15. The van der Waals surface area contributed by atoms with Crippen LogP contribution in [0, 0.1) is 6.92 Å². The van der Waals surface area contributed by atoms with E-state index >= 15 is 0 Å². The third kappa shape index (κ3) is 3.14. The molecule has 0 amide bonds. The van der Waals surface area contributed by atoms with Crippen LogP contribution in [0.2, 0.25) is 0 Å². The smallest absolute Gasteiger partial charge is 0.172 e. The topological polar surface area (TPSA) is 47.1 Å². The maximum Gasteiger partial charge on any atom is 0.172 e. The molecule has 1 aromatic heterocycles. The van der Waals surface area contributed by atoms with Gasteiger partial charge in [-0.15, -0.1) is 0 Å². The molecule has 0 radical (unpaired) electrons. The molecule has 3 aromatic carbocycles. The minimum Gasteiger partial charge on any atom is -0.493 e. The van der Waals surface area contributed by atoms with Crippen molar-refractivity contribution >= 4 is 11.0 Å². The van der Waals surface area contributed by atoms with Gasteiger partial charge in [0, 0.05) is 0 Å². The summed E-state index contributed by atoms with van der Waals surface area (Å²) in [4.78, 5) is 8.06. The second kappa shape index (κ2) is 6.92. The number of para-hydroxylation sites is 3. The number of aromatic amines is 1. The fourth-order valence-corrected chi connectivity index (χ4v) is 3.05. The van der Waals surface area contributed by atoms with Gasteiger partial charge in [0.05, 0.1) is 23.7 Å². The number of aryl methyl sites for hydroxylation is 1. The number of rotatable bonds is 5. The molecule has 0 aliphatic rings. The van der Waals surface area contributed by atoms with E-state index in [9.17, 15) is 0 Å². The summed E-state index contributed by atoms with van der Waals surface area (Å²) < 4.78 is 11.7. The molecule has 0 fully saturated rings. The molecule has 0 bridgehead atoms. The zero-order valence-corrected chi connectivity index (χ0v) is 14.8. The van der Waals surface area contributed by atoms with Crippen LogP contribution < -0.4 is 9.47 Å². The molecule has 1 heterocycles. The van der Waals surface area contributed by atoms with E-state index in [0.29, 0.717) is 18.1 Å². The average molecular weight is 344 g/mol. The Morgan fingerprint density at radius 1 is 0.962 bits per heavy atom. The number of fused-ring (bicyclic) bond motifs is 1. The van der Waals surface area contributed by atoms with Crippen LogP contribution in [0.3, 0.4) is 0 Å². The summed E-state index contributed by atoms with van der Waals surface area (Å²) in [6, 6.07) is 22.1. The normalized spacial score (nSPS) is 10.8. The van der Waals surface area contributed by atoms with E-state index in [0.717, 1.165) is 28.0 Å². The van der Waals surface area contributed by atoms with Crippen molar-refractivity contribution in [2.75, 3.05) is 7.11 Å². The van der Waals surface area contributed by atoms with Gasteiger partial charge in [-0.1, -0.05) is 48.0 Å². The lowest BCUT2D eigenvalue weighted by Crippen LogP contribution is -2.00. The second-order valence-corrected chi connectivity index (χ2v) is 6.22. The third-order valence-corrected chi connectivity index (χ3v) is 4.31. The van der Waals surface area contributed by atoms with E-state index in [4.69, 9.17) is 14.5 Å². The molecular formula is C22H20N2O2. The van der Waals surface area contributed by atoms with Crippen LogP contribution >= 0.6 is 0 Å². The average Bonchev–Trinajstić information content (AvgIpc) is 3.10.